The molecule has 150 valence electrons. The van der Waals surface area contributed by atoms with Crippen LogP contribution in [0.4, 0.5) is 5.69 Å². The molecule has 0 bridgehead atoms. The van der Waals surface area contributed by atoms with E-state index in [0.29, 0.717) is 5.69 Å². The van der Waals surface area contributed by atoms with Gasteiger partial charge in [-0.15, -0.1) is 0 Å². The number of esters is 1. The SMILES string of the molecule is Cc1ccc(NC(=O)COC(=O)c2ccc3c(c2)C(=O)N(C(C)(C)C)C3=O)cc1. The van der Waals surface area contributed by atoms with E-state index in [4.69, 9.17) is 4.74 Å². The molecule has 7 heteroatoms. The molecule has 0 aliphatic carbocycles. The summed E-state index contributed by atoms with van der Waals surface area (Å²) in [4.78, 5) is 50.5. The summed E-state index contributed by atoms with van der Waals surface area (Å²) < 4.78 is 5.04. The van der Waals surface area contributed by atoms with Crippen LogP contribution >= 0.6 is 0 Å². The highest BCUT2D eigenvalue weighted by Gasteiger charge is 2.42. The molecule has 2 aromatic carbocycles. The number of aryl methyl sites for hydroxylation is 1. The second-order valence-corrected chi connectivity index (χ2v) is 7.87. The second-order valence-electron chi connectivity index (χ2n) is 7.87. The predicted molar refractivity (Wildman–Crippen MR) is 107 cm³/mol. The van der Waals surface area contributed by atoms with Gasteiger partial charge in [0, 0.05) is 11.2 Å². The Bertz CT molecular complexity index is 1000. The maximum absolute atomic E-state index is 12.6. The average molecular weight is 394 g/mol. The van der Waals surface area contributed by atoms with Crippen LogP contribution in [0.3, 0.4) is 0 Å². The highest BCUT2D eigenvalue weighted by Crippen LogP contribution is 2.30. The van der Waals surface area contributed by atoms with Crippen molar-refractivity contribution in [2.24, 2.45) is 0 Å². The molecule has 0 aromatic heterocycles. The van der Waals surface area contributed by atoms with E-state index < -0.39 is 35.8 Å². The van der Waals surface area contributed by atoms with Gasteiger partial charge in [-0.3, -0.25) is 19.3 Å². The Labute approximate surface area is 168 Å². The van der Waals surface area contributed by atoms with Crippen molar-refractivity contribution in [1.82, 2.24) is 4.90 Å². The number of nitrogens with one attached hydrogen (secondary N) is 1. The van der Waals surface area contributed by atoms with Crippen molar-refractivity contribution in [2.75, 3.05) is 11.9 Å². The molecule has 3 rings (SSSR count). The first-order chi connectivity index (χ1) is 13.6. The van der Waals surface area contributed by atoms with E-state index in [9.17, 15) is 19.2 Å². The van der Waals surface area contributed by atoms with Crippen molar-refractivity contribution < 1.29 is 23.9 Å². The van der Waals surface area contributed by atoms with Crippen molar-refractivity contribution >= 4 is 29.4 Å². The molecular formula is C22H22N2O5. The van der Waals surface area contributed by atoms with Crippen molar-refractivity contribution in [2.45, 2.75) is 33.2 Å². The van der Waals surface area contributed by atoms with Gasteiger partial charge in [0.2, 0.25) is 0 Å². The van der Waals surface area contributed by atoms with Crippen molar-refractivity contribution in [3.05, 3.63) is 64.7 Å². The molecule has 0 spiro atoms. The van der Waals surface area contributed by atoms with E-state index in [-0.39, 0.29) is 16.7 Å². The molecule has 0 unspecified atom stereocenters. The van der Waals surface area contributed by atoms with Crippen LogP contribution in [0, 0.1) is 6.92 Å². The van der Waals surface area contributed by atoms with Crippen LogP contribution in [-0.4, -0.2) is 40.7 Å². The smallest absolute Gasteiger partial charge is 0.338 e. The molecule has 1 N–H and O–H groups in total. The lowest BCUT2D eigenvalue weighted by atomic mass is 10.1. The number of fused-ring (bicyclic) bond motifs is 1. The zero-order valence-corrected chi connectivity index (χ0v) is 16.7. The van der Waals surface area contributed by atoms with Gasteiger partial charge in [-0.2, -0.15) is 0 Å². The lowest BCUT2D eigenvalue weighted by molar-refractivity contribution is -0.119. The van der Waals surface area contributed by atoms with E-state index in [0.717, 1.165) is 5.56 Å². The number of carbonyl (C=O) groups is 4. The van der Waals surface area contributed by atoms with E-state index in [1.54, 1.807) is 32.9 Å². The van der Waals surface area contributed by atoms with Crippen LogP contribution < -0.4 is 5.32 Å². The highest BCUT2D eigenvalue weighted by molar-refractivity contribution is 6.22. The van der Waals surface area contributed by atoms with E-state index >= 15 is 0 Å². The van der Waals surface area contributed by atoms with Crippen molar-refractivity contribution in [3.63, 3.8) is 0 Å². The number of ether oxygens (including phenoxy) is 1. The van der Waals surface area contributed by atoms with Gasteiger partial charge in [0.1, 0.15) is 0 Å². The fraction of sp³-hybridized carbons (Fsp3) is 0.273. The Morgan fingerprint density at radius 1 is 0.966 bits per heavy atom. The summed E-state index contributed by atoms with van der Waals surface area (Å²) >= 11 is 0. The first-order valence-corrected chi connectivity index (χ1v) is 9.14. The summed E-state index contributed by atoms with van der Waals surface area (Å²) in [5, 5.41) is 2.63. The van der Waals surface area contributed by atoms with Crippen molar-refractivity contribution in [3.8, 4) is 0 Å². The van der Waals surface area contributed by atoms with Gasteiger partial charge >= 0.3 is 5.97 Å². The van der Waals surface area contributed by atoms with Crippen molar-refractivity contribution in [1.29, 1.82) is 0 Å². The number of amides is 3. The molecule has 0 fully saturated rings. The Morgan fingerprint density at radius 2 is 1.59 bits per heavy atom. The summed E-state index contributed by atoms with van der Waals surface area (Å²) in [6, 6.07) is 11.4. The van der Waals surface area contributed by atoms with Crippen LogP contribution in [0.5, 0.6) is 0 Å². The molecule has 0 atom stereocenters. The summed E-state index contributed by atoms with van der Waals surface area (Å²) in [6.07, 6.45) is 0. The molecular weight excluding hydrogens is 372 g/mol. The zero-order valence-electron chi connectivity index (χ0n) is 16.7. The van der Waals surface area contributed by atoms with Gasteiger partial charge in [0.25, 0.3) is 17.7 Å². The molecule has 1 aliphatic rings. The van der Waals surface area contributed by atoms with E-state index in [1.807, 2.05) is 19.1 Å². The number of nitrogens with zero attached hydrogens (tertiary/aromatic N) is 1. The topological polar surface area (TPSA) is 92.8 Å². The predicted octanol–water partition coefficient (Wildman–Crippen LogP) is 3.19. The molecule has 7 nitrogen and oxygen atoms in total. The molecule has 29 heavy (non-hydrogen) atoms. The minimum atomic E-state index is -0.749. The zero-order chi connectivity index (χ0) is 21.3. The van der Waals surface area contributed by atoms with Gasteiger partial charge < -0.3 is 10.1 Å². The minimum Gasteiger partial charge on any atom is -0.452 e. The quantitative estimate of drug-likeness (QED) is 0.635. The molecule has 1 aliphatic heterocycles. The maximum Gasteiger partial charge on any atom is 0.338 e. The fourth-order valence-corrected chi connectivity index (χ4v) is 3.03. The monoisotopic (exact) mass is 394 g/mol. The Balaban J connectivity index is 1.67. The Morgan fingerprint density at radius 3 is 2.21 bits per heavy atom. The Kier molecular flexibility index (Phi) is 5.24. The lowest BCUT2D eigenvalue weighted by Gasteiger charge is -2.29. The molecule has 0 saturated heterocycles. The summed E-state index contributed by atoms with van der Waals surface area (Å²) in [7, 11) is 0. The van der Waals surface area contributed by atoms with Crippen LogP contribution in [-0.2, 0) is 9.53 Å². The summed E-state index contributed by atoms with van der Waals surface area (Å²) in [5.41, 5.74) is 1.48. The number of hydrogen-bond acceptors (Lipinski definition) is 5. The highest BCUT2D eigenvalue weighted by atomic mass is 16.5. The molecule has 3 amide bonds. The van der Waals surface area contributed by atoms with E-state index in [1.165, 1.54) is 23.1 Å². The number of carbonyl (C=O) groups excluding carboxylic acids is 4. The second kappa shape index (κ2) is 7.50. The third-order valence-corrected chi connectivity index (χ3v) is 4.46. The molecule has 2 aromatic rings. The third-order valence-electron chi connectivity index (χ3n) is 4.46. The standard InChI is InChI=1S/C22H22N2O5/c1-13-5-8-15(9-6-13)23-18(25)12-29-21(28)14-7-10-16-17(11-14)20(27)24(19(16)26)22(2,3)4/h5-11H,12H2,1-4H3,(H,23,25). The maximum atomic E-state index is 12.6. The van der Waals surface area contributed by atoms with Crippen LogP contribution in [0.25, 0.3) is 0 Å². The molecule has 0 saturated carbocycles. The Hall–Kier alpha value is -3.48. The van der Waals surface area contributed by atoms with Gasteiger partial charge in [-0.25, -0.2) is 4.79 Å². The van der Waals surface area contributed by atoms with Gasteiger partial charge in [-0.1, -0.05) is 17.7 Å². The summed E-state index contributed by atoms with van der Waals surface area (Å²) in [6.45, 7) is 6.75. The van der Waals surface area contributed by atoms with Crippen LogP contribution in [0.1, 0.15) is 57.4 Å². The largest absolute Gasteiger partial charge is 0.452 e. The third kappa shape index (κ3) is 4.18. The molecule has 0 radical (unpaired) electrons. The normalized spacial score (nSPS) is 13.3. The number of rotatable bonds is 4. The van der Waals surface area contributed by atoms with E-state index in [2.05, 4.69) is 5.32 Å². The number of imide groups is 1. The minimum absolute atomic E-state index is 0.101. The van der Waals surface area contributed by atoms with Gasteiger partial charge in [0.05, 0.1) is 16.7 Å². The average Bonchev–Trinajstić information content (AvgIpc) is 2.91. The number of anilines is 1. The van der Waals surface area contributed by atoms with Gasteiger partial charge in [-0.05, 0) is 58.0 Å². The molecule has 1 heterocycles. The van der Waals surface area contributed by atoms with Gasteiger partial charge in [0.15, 0.2) is 6.61 Å². The van der Waals surface area contributed by atoms with Crippen LogP contribution in [0.2, 0.25) is 0 Å². The number of benzene rings is 2. The number of hydrogen-bond donors (Lipinski definition) is 1. The van der Waals surface area contributed by atoms with Crippen LogP contribution in [0.15, 0.2) is 42.5 Å². The first kappa shape index (κ1) is 20.3. The first-order valence-electron chi connectivity index (χ1n) is 9.14. The lowest BCUT2D eigenvalue weighted by Crippen LogP contribution is -2.45. The summed E-state index contributed by atoms with van der Waals surface area (Å²) in [5.74, 6) is -2.08. The fourth-order valence-electron chi connectivity index (χ4n) is 3.03.